The Morgan fingerprint density at radius 2 is 1.29 bits per heavy atom. The van der Waals surface area contributed by atoms with Crippen molar-refractivity contribution in [2.24, 2.45) is 27.6 Å². The van der Waals surface area contributed by atoms with Crippen LogP contribution in [0.15, 0.2) is 135 Å². The average molecular weight is 807 g/mol. The van der Waals surface area contributed by atoms with Crippen LogP contribution in [0, 0.1) is 27.6 Å². The van der Waals surface area contributed by atoms with Crippen molar-refractivity contribution in [3.05, 3.63) is 158 Å². The fourth-order valence-corrected chi connectivity index (χ4v) is 23.5. The Morgan fingerprint density at radius 3 is 1.88 bits per heavy atom. The Morgan fingerprint density at radius 1 is 0.692 bits per heavy atom. The molecule has 0 N–H and O–H groups in total. The van der Waals surface area contributed by atoms with Crippen LogP contribution in [0.25, 0.3) is 5.57 Å². The predicted octanol–water partition coefficient (Wildman–Crippen LogP) is 6.68. The summed E-state index contributed by atoms with van der Waals surface area (Å²) in [6.45, 7) is 21.8. The molecule has 5 aliphatic carbocycles. The van der Waals surface area contributed by atoms with E-state index in [2.05, 4.69) is 171 Å². The van der Waals surface area contributed by atoms with Gasteiger partial charge in [-0.05, 0) is 0 Å². The fourth-order valence-electron chi connectivity index (χ4n) is 11.8. The second-order valence-corrected chi connectivity index (χ2v) is 25.5. The van der Waals surface area contributed by atoms with Crippen molar-refractivity contribution in [2.75, 3.05) is 0 Å². The van der Waals surface area contributed by atoms with Crippen LogP contribution >= 0.6 is 0 Å². The van der Waals surface area contributed by atoms with Crippen molar-refractivity contribution in [1.82, 2.24) is 0 Å². The third kappa shape index (κ3) is 5.41. The first-order chi connectivity index (χ1) is 23.9. The van der Waals surface area contributed by atoms with E-state index in [4.69, 9.17) is 0 Å². The quantitative estimate of drug-likeness (QED) is 0.261. The van der Waals surface area contributed by atoms with Gasteiger partial charge >= 0.3 is 312 Å². The van der Waals surface area contributed by atoms with Crippen molar-refractivity contribution >= 4 is 8.78 Å². The van der Waals surface area contributed by atoms with Gasteiger partial charge in [0, 0.05) is 0 Å². The van der Waals surface area contributed by atoms with Crippen LogP contribution in [-0.2, 0) is 40.5 Å². The molecule has 0 nitrogen and oxygen atoms in total. The topological polar surface area (TPSA) is 0 Å². The zero-order chi connectivity index (χ0) is 35.1. The molecule has 3 aromatic carbocycles. The Labute approximate surface area is 334 Å². The summed E-state index contributed by atoms with van der Waals surface area (Å²) >= 11 is -2.84. The summed E-state index contributed by atoms with van der Waals surface area (Å²) in [6, 6.07) is 32.3. The molecule has 3 unspecified atom stereocenters. The molecule has 270 valence electrons. The maximum Gasteiger partial charge on any atom is -1.00 e. The van der Waals surface area contributed by atoms with Crippen molar-refractivity contribution in [2.45, 2.75) is 97.0 Å². The number of allylic oxidation sites excluding steroid dienone is 10. The molecule has 1 fully saturated rings. The van der Waals surface area contributed by atoms with Gasteiger partial charge in [0.15, 0.2) is 0 Å². The number of benzene rings is 3. The monoisotopic (exact) mass is 804 g/mol. The molecular weight excluding hydrogens is 751 g/mol. The van der Waals surface area contributed by atoms with E-state index in [1.807, 2.05) is 8.78 Å². The third-order valence-electron chi connectivity index (χ3n) is 15.7. The largest absolute Gasteiger partial charge is 1.00 e. The van der Waals surface area contributed by atoms with E-state index in [0.29, 0.717) is 5.92 Å². The first kappa shape index (κ1) is 39.4. The molecule has 0 saturated heterocycles. The molecule has 0 amide bonds. The summed E-state index contributed by atoms with van der Waals surface area (Å²) in [7, 11) is 0. The van der Waals surface area contributed by atoms with E-state index in [-0.39, 0.29) is 49.6 Å². The molecule has 0 heterocycles. The second-order valence-electron chi connectivity index (χ2n) is 17.9. The van der Waals surface area contributed by atoms with Crippen LogP contribution < -0.4 is 24.8 Å². The zero-order valence-corrected chi connectivity index (χ0v) is 36.5. The minimum absolute atomic E-state index is 0. The molecule has 3 atom stereocenters. The zero-order valence-electron chi connectivity index (χ0n) is 32.5. The van der Waals surface area contributed by atoms with Gasteiger partial charge in [0.1, 0.15) is 0 Å². The van der Waals surface area contributed by atoms with Crippen molar-refractivity contribution in [1.29, 1.82) is 0 Å². The van der Waals surface area contributed by atoms with Crippen LogP contribution in [0.4, 0.5) is 0 Å². The minimum Gasteiger partial charge on any atom is -1.00 e. The number of fused-ring (bicyclic) bond motifs is 6. The minimum atomic E-state index is -2.84. The van der Waals surface area contributed by atoms with Gasteiger partial charge in [-0.1, -0.05) is 0 Å². The van der Waals surface area contributed by atoms with Gasteiger partial charge in [0.2, 0.25) is 0 Å². The second kappa shape index (κ2) is 14.1. The number of halogens is 2. The maximum atomic E-state index is 2.85. The van der Waals surface area contributed by atoms with Gasteiger partial charge in [-0.15, -0.1) is 0 Å². The molecule has 0 radical (unpaired) electrons. The summed E-state index contributed by atoms with van der Waals surface area (Å²) in [5, 5.41) is 0. The molecule has 8 rings (SSSR count). The molecule has 3 heteroatoms. The van der Waals surface area contributed by atoms with E-state index in [0.717, 1.165) is 25.7 Å². The molecule has 3 aromatic rings. The first-order valence-corrected chi connectivity index (χ1v) is 22.9. The first-order valence-electron chi connectivity index (χ1n) is 19.3. The van der Waals surface area contributed by atoms with E-state index in [1.165, 1.54) is 35.1 Å². The molecule has 0 aromatic heterocycles. The number of hydrogen-bond acceptors (Lipinski definition) is 0. The van der Waals surface area contributed by atoms with E-state index >= 15 is 0 Å². The summed E-state index contributed by atoms with van der Waals surface area (Å²) in [5.74, 6) is 0.518. The normalized spacial score (nSPS) is 26.8. The van der Waals surface area contributed by atoms with E-state index in [9.17, 15) is 0 Å². The third-order valence-corrected chi connectivity index (χ3v) is 25.4. The van der Waals surface area contributed by atoms with Gasteiger partial charge in [0.05, 0.1) is 0 Å². The van der Waals surface area contributed by atoms with Gasteiger partial charge in [-0.25, -0.2) is 0 Å². The summed E-state index contributed by atoms with van der Waals surface area (Å²) < 4.78 is 3.71. The van der Waals surface area contributed by atoms with Gasteiger partial charge in [0.25, 0.3) is 0 Å². The molecule has 1 saturated carbocycles. The van der Waals surface area contributed by atoms with Crippen molar-refractivity contribution in [3.63, 3.8) is 0 Å². The Bertz CT molecular complexity index is 2010. The predicted molar refractivity (Wildman–Crippen MR) is 211 cm³/mol. The Balaban J connectivity index is 0.00000232. The van der Waals surface area contributed by atoms with E-state index in [1.54, 1.807) is 20.0 Å². The smallest absolute Gasteiger partial charge is 1.00 e. The standard InChI is InChI=1S/C29H37.C15H14.C5H5.2ClH.Zr/c1-18-25-22-17-19-13-9-10-14-20(19)24(22)21-15-11-12-16-23(21)29(25,8)28(6,7)27(4,5)26(18,2)3;1-3-8-14(9-4-1)12-7-13-15-10-5-2-6-11-15;1-2-4-5-3-1;;;/h9-11,13-15,23H,12,16-17H2,1-8H3;1-6,8-11H,12-13H2;1-3H,4H2;2*1H;/q;;;;;+2/p-2. The van der Waals surface area contributed by atoms with Crippen LogP contribution in [0.3, 0.4) is 0 Å². The van der Waals surface area contributed by atoms with Gasteiger partial charge in [-0.3, -0.25) is 0 Å². The van der Waals surface area contributed by atoms with Crippen molar-refractivity contribution in [3.8, 4) is 0 Å². The molecule has 0 bridgehead atoms. The molecule has 0 aliphatic heterocycles. The molecule has 5 aliphatic rings. The average Bonchev–Trinajstić information content (AvgIpc) is 3.77. The molecule has 0 spiro atoms. The number of rotatable bonds is 6. The summed E-state index contributed by atoms with van der Waals surface area (Å²) in [6.07, 6.45) is 19.3. The Kier molecular flexibility index (Phi) is 10.7. The van der Waals surface area contributed by atoms with Crippen LogP contribution in [0.1, 0.15) is 96.9 Å². The van der Waals surface area contributed by atoms with Crippen LogP contribution in [0.5, 0.6) is 0 Å². The summed E-state index contributed by atoms with van der Waals surface area (Å²) in [4.78, 5) is 0. The Hall–Kier alpha value is -2.31. The SMILES string of the molecule is CC12C(=C3Cc4ccccc4C3=C3C=CCCC31)[C](C)([Zr+2]([C]1=CC=CC1)=[C](Cc1ccccc1)Cc1ccccc1)C(C)(C)C(C)(C)C2(C)C.[Cl-].[Cl-]. The van der Waals surface area contributed by atoms with Crippen LogP contribution in [-0.4, -0.2) is 3.21 Å². The number of hydrogen-bond donors (Lipinski definition) is 0. The molecular formula is C49H56Cl2Zr. The maximum absolute atomic E-state index is 2.85. The fraction of sp³-hybridized carbons (Fsp3) is 0.408. The van der Waals surface area contributed by atoms with Gasteiger partial charge in [-0.2, -0.15) is 0 Å². The summed E-state index contributed by atoms with van der Waals surface area (Å²) in [5.41, 5.74) is 13.0. The van der Waals surface area contributed by atoms with Crippen LogP contribution in [0.2, 0.25) is 3.12 Å². The van der Waals surface area contributed by atoms with Crippen molar-refractivity contribution < 1.29 is 46.1 Å². The van der Waals surface area contributed by atoms with Gasteiger partial charge < -0.3 is 24.8 Å². The van der Waals surface area contributed by atoms with E-state index < -0.39 is 21.3 Å². The molecule has 52 heavy (non-hydrogen) atoms.